The number of benzene rings is 1. The van der Waals surface area contributed by atoms with Crippen molar-refractivity contribution in [3.8, 4) is 5.69 Å². The zero-order chi connectivity index (χ0) is 10.8. The Hall–Kier alpha value is -1.68. The van der Waals surface area contributed by atoms with Gasteiger partial charge in [-0.05, 0) is 30.7 Å². The quantitative estimate of drug-likeness (QED) is 0.812. The Labute approximate surface area is 87.4 Å². The first-order chi connectivity index (χ1) is 7.20. The first-order valence-corrected chi connectivity index (χ1v) is 4.70. The number of hydrogen-bond acceptors (Lipinski definition) is 2. The summed E-state index contributed by atoms with van der Waals surface area (Å²) in [4.78, 5) is 4.11. The average molecular weight is 205 g/mol. The van der Waals surface area contributed by atoms with Gasteiger partial charge in [0.2, 0.25) is 0 Å². The second kappa shape index (κ2) is 3.82. The molecule has 0 aliphatic carbocycles. The molecular weight excluding hydrogens is 193 g/mol. The van der Waals surface area contributed by atoms with Crippen molar-refractivity contribution < 1.29 is 4.39 Å². The molecule has 2 N–H and O–H groups in total. The van der Waals surface area contributed by atoms with Gasteiger partial charge in [-0.3, -0.25) is 0 Å². The highest BCUT2D eigenvalue weighted by Gasteiger charge is 2.02. The Kier molecular flexibility index (Phi) is 2.51. The van der Waals surface area contributed by atoms with E-state index in [0.717, 1.165) is 11.4 Å². The second-order valence-corrected chi connectivity index (χ2v) is 3.41. The molecule has 1 heterocycles. The van der Waals surface area contributed by atoms with E-state index in [0.29, 0.717) is 12.1 Å². The lowest BCUT2D eigenvalue weighted by Crippen LogP contribution is -1.96. The molecule has 2 rings (SSSR count). The minimum Gasteiger partial charge on any atom is -0.325 e. The van der Waals surface area contributed by atoms with E-state index in [9.17, 15) is 4.39 Å². The number of hydrogen-bond donors (Lipinski definition) is 1. The maximum absolute atomic E-state index is 13.0. The highest BCUT2D eigenvalue weighted by Crippen LogP contribution is 2.13. The smallest absolute Gasteiger partial charge is 0.126 e. The van der Waals surface area contributed by atoms with Crippen LogP contribution >= 0.6 is 0 Å². The van der Waals surface area contributed by atoms with Crippen molar-refractivity contribution in [3.63, 3.8) is 0 Å². The molecule has 2 aromatic rings. The van der Waals surface area contributed by atoms with Crippen LogP contribution in [0.4, 0.5) is 4.39 Å². The van der Waals surface area contributed by atoms with E-state index >= 15 is 0 Å². The van der Waals surface area contributed by atoms with Gasteiger partial charge in [0.05, 0.1) is 12.0 Å². The lowest BCUT2D eigenvalue weighted by molar-refractivity contribution is 0.618. The molecule has 0 spiro atoms. The fourth-order valence-corrected chi connectivity index (χ4v) is 1.40. The van der Waals surface area contributed by atoms with Crippen LogP contribution in [0.25, 0.3) is 5.69 Å². The second-order valence-electron chi connectivity index (χ2n) is 3.41. The lowest BCUT2D eigenvalue weighted by Gasteiger charge is -2.03. The fourth-order valence-electron chi connectivity index (χ4n) is 1.40. The molecule has 0 aliphatic heterocycles. The van der Waals surface area contributed by atoms with Crippen LogP contribution < -0.4 is 5.73 Å². The van der Waals surface area contributed by atoms with E-state index in [2.05, 4.69) is 4.98 Å². The highest BCUT2D eigenvalue weighted by molar-refractivity contribution is 5.36. The molecular formula is C11H12FN3. The molecule has 0 saturated carbocycles. The van der Waals surface area contributed by atoms with Crippen LogP contribution in [0.2, 0.25) is 0 Å². The van der Waals surface area contributed by atoms with Gasteiger partial charge in [0, 0.05) is 18.4 Å². The summed E-state index contributed by atoms with van der Waals surface area (Å²) >= 11 is 0. The minimum atomic E-state index is -0.196. The van der Waals surface area contributed by atoms with Crippen molar-refractivity contribution in [2.45, 2.75) is 13.5 Å². The third kappa shape index (κ3) is 1.89. The molecule has 0 bridgehead atoms. The van der Waals surface area contributed by atoms with Crippen molar-refractivity contribution in [2.75, 3.05) is 0 Å². The van der Waals surface area contributed by atoms with Gasteiger partial charge in [-0.15, -0.1) is 0 Å². The lowest BCUT2D eigenvalue weighted by atomic mass is 10.2. The van der Waals surface area contributed by atoms with Crippen molar-refractivity contribution in [1.29, 1.82) is 0 Å². The number of rotatable bonds is 2. The number of nitrogens with zero attached hydrogens (tertiary/aromatic N) is 2. The van der Waals surface area contributed by atoms with Gasteiger partial charge >= 0.3 is 0 Å². The normalized spacial score (nSPS) is 10.6. The molecule has 78 valence electrons. The van der Waals surface area contributed by atoms with Crippen LogP contribution in [0.15, 0.2) is 30.7 Å². The number of halogens is 1. The Morgan fingerprint density at radius 3 is 2.87 bits per heavy atom. The molecule has 1 aromatic heterocycles. The first kappa shape index (κ1) is 9.86. The number of nitrogens with two attached hydrogens (primary N) is 1. The molecule has 0 radical (unpaired) electrons. The van der Waals surface area contributed by atoms with Crippen molar-refractivity contribution in [1.82, 2.24) is 9.55 Å². The van der Waals surface area contributed by atoms with Crippen LogP contribution in [-0.4, -0.2) is 9.55 Å². The summed E-state index contributed by atoms with van der Waals surface area (Å²) in [7, 11) is 0. The zero-order valence-corrected chi connectivity index (χ0v) is 8.44. The van der Waals surface area contributed by atoms with Crippen LogP contribution in [-0.2, 0) is 6.54 Å². The number of aromatic nitrogens is 2. The molecule has 4 heteroatoms. The zero-order valence-electron chi connectivity index (χ0n) is 8.44. The van der Waals surface area contributed by atoms with E-state index in [1.807, 2.05) is 10.8 Å². The topological polar surface area (TPSA) is 43.8 Å². The predicted molar refractivity (Wildman–Crippen MR) is 56.2 cm³/mol. The third-order valence-corrected chi connectivity index (χ3v) is 2.28. The van der Waals surface area contributed by atoms with Crippen molar-refractivity contribution in [3.05, 3.63) is 47.8 Å². The number of aryl methyl sites for hydroxylation is 1. The van der Waals surface area contributed by atoms with Gasteiger partial charge in [-0.25, -0.2) is 9.37 Å². The standard InChI is InChI=1S/C11H12FN3/c1-8-4-10(2-3-11(8)12)15-6-9(5-13)14-7-15/h2-4,6-7H,5,13H2,1H3. The molecule has 0 atom stereocenters. The molecule has 0 unspecified atom stereocenters. The molecule has 1 aromatic carbocycles. The summed E-state index contributed by atoms with van der Waals surface area (Å²) in [5.74, 6) is -0.196. The fraction of sp³-hybridized carbons (Fsp3) is 0.182. The summed E-state index contributed by atoms with van der Waals surface area (Å²) in [6, 6.07) is 4.94. The van der Waals surface area contributed by atoms with Gasteiger partial charge in [0.25, 0.3) is 0 Å². The van der Waals surface area contributed by atoms with Crippen LogP contribution in [0.1, 0.15) is 11.3 Å². The predicted octanol–water partition coefficient (Wildman–Crippen LogP) is 1.78. The first-order valence-electron chi connectivity index (χ1n) is 4.70. The van der Waals surface area contributed by atoms with Crippen LogP contribution in [0.3, 0.4) is 0 Å². The Bertz CT molecular complexity index is 476. The SMILES string of the molecule is Cc1cc(-n2cnc(CN)c2)ccc1F. The third-order valence-electron chi connectivity index (χ3n) is 2.28. The summed E-state index contributed by atoms with van der Waals surface area (Å²) in [6.07, 6.45) is 3.52. The molecule has 0 amide bonds. The summed E-state index contributed by atoms with van der Waals surface area (Å²) < 4.78 is 14.9. The molecule has 15 heavy (non-hydrogen) atoms. The molecule has 0 saturated heterocycles. The van der Waals surface area contributed by atoms with Crippen molar-refractivity contribution in [2.24, 2.45) is 5.73 Å². The average Bonchev–Trinajstić information content (AvgIpc) is 2.70. The van der Waals surface area contributed by atoms with E-state index in [4.69, 9.17) is 5.73 Å². The summed E-state index contributed by atoms with van der Waals surface area (Å²) in [5, 5.41) is 0. The monoisotopic (exact) mass is 205 g/mol. The van der Waals surface area contributed by atoms with Gasteiger partial charge in [-0.1, -0.05) is 0 Å². The van der Waals surface area contributed by atoms with Crippen LogP contribution in [0.5, 0.6) is 0 Å². The van der Waals surface area contributed by atoms with Gasteiger partial charge in [0.15, 0.2) is 0 Å². The van der Waals surface area contributed by atoms with Gasteiger partial charge < -0.3 is 10.3 Å². The van der Waals surface area contributed by atoms with E-state index in [1.165, 1.54) is 6.07 Å². The van der Waals surface area contributed by atoms with Gasteiger partial charge in [-0.2, -0.15) is 0 Å². The Morgan fingerprint density at radius 2 is 2.27 bits per heavy atom. The maximum atomic E-state index is 13.0. The van der Waals surface area contributed by atoms with Gasteiger partial charge in [0.1, 0.15) is 5.82 Å². The van der Waals surface area contributed by atoms with E-state index < -0.39 is 0 Å². The Morgan fingerprint density at radius 1 is 1.47 bits per heavy atom. The van der Waals surface area contributed by atoms with E-state index in [1.54, 1.807) is 25.4 Å². The number of imidazole rings is 1. The van der Waals surface area contributed by atoms with Crippen LogP contribution in [0, 0.1) is 12.7 Å². The maximum Gasteiger partial charge on any atom is 0.126 e. The van der Waals surface area contributed by atoms with Crippen molar-refractivity contribution >= 4 is 0 Å². The summed E-state index contributed by atoms with van der Waals surface area (Å²) in [6.45, 7) is 2.15. The molecule has 0 fully saturated rings. The molecule has 3 nitrogen and oxygen atoms in total. The largest absolute Gasteiger partial charge is 0.325 e. The van der Waals surface area contributed by atoms with E-state index in [-0.39, 0.29) is 5.82 Å². The highest BCUT2D eigenvalue weighted by atomic mass is 19.1. The molecule has 0 aliphatic rings. The Balaban J connectivity index is 2.40. The summed E-state index contributed by atoms with van der Waals surface area (Å²) in [5.41, 5.74) is 7.79. The minimum absolute atomic E-state index is 0.196.